The minimum atomic E-state index is -0.360. The van der Waals surface area contributed by atoms with Gasteiger partial charge in [-0.25, -0.2) is 4.39 Å². The van der Waals surface area contributed by atoms with Crippen molar-refractivity contribution in [3.63, 3.8) is 0 Å². The van der Waals surface area contributed by atoms with E-state index in [9.17, 15) is 4.39 Å². The predicted octanol–water partition coefficient (Wildman–Crippen LogP) is 3.87. The molecule has 2 rings (SSSR count). The lowest BCUT2D eigenvalue weighted by molar-refractivity contribution is 0.351. The molecule has 0 bridgehead atoms. The molecule has 2 aromatic rings. The Kier molecular flexibility index (Phi) is 6.83. The summed E-state index contributed by atoms with van der Waals surface area (Å²) in [4.78, 5) is 0. The highest BCUT2D eigenvalue weighted by Gasteiger charge is 2.11. The Bertz CT molecular complexity index is 731. The Morgan fingerprint density at radius 3 is 2.28 bits per heavy atom. The number of halogens is 1. The smallest absolute Gasteiger partial charge is 0.165 e. The average molecular weight is 345 g/mol. The standard InChI is InChI=1S/C20H24FNO3/c1-5-6-16-9-15(11-19(24-3)20(16)25-4)13-22-12-14-7-8-18(23-2)17(21)10-14/h5,7-11,22H,1,6,12-13H2,2-4H3. The molecule has 25 heavy (non-hydrogen) atoms. The van der Waals surface area contributed by atoms with Crippen molar-refractivity contribution in [1.82, 2.24) is 5.32 Å². The predicted molar refractivity (Wildman–Crippen MR) is 96.9 cm³/mol. The second-order valence-corrected chi connectivity index (χ2v) is 5.56. The van der Waals surface area contributed by atoms with Crippen molar-refractivity contribution in [1.29, 1.82) is 0 Å². The Morgan fingerprint density at radius 2 is 1.68 bits per heavy atom. The molecule has 0 radical (unpaired) electrons. The van der Waals surface area contributed by atoms with Crippen molar-refractivity contribution in [3.05, 3.63) is 65.5 Å². The van der Waals surface area contributed by atoms with E-state index >= 15 is 0 Å². The number of benzene rings is 2. The van der Waals surface area contributed by atoms with Gasteiger partial charge in [0.15, 0.2) is 23.1 Å². The zero-order valence-electron chi connectivity index (χ0n) is 14.9. The highest BCUT2D eigenvalue weighted by Crippen LogP contribution is 2.33. The van der Waals surface area contributed by atoms with Crippen LogP contribution < -0.4 is 19.5 Å². The van der Waals surface area contributed by atoms with Crippen molar-refractivity contribution in [3.8, 4) is 17.2 Å². The molecule has 1 N–H and O–H groups in total. The van der Waals surface area contributed by atoms with Gasteiger partial charge in [0.2, 0.25) is 0 Å². The maximum atomic E-state index is 13.7. The molecule has 0 amide bonds. The van der Waals surface area contributed by atoms with Crippen molar-refractivity contribution < 1.29 is 18.6 Å². The summed E-state index contributed by atoms with van der Waals surface area (Å²) in [5, 5.41) is 3.31. The van der Waals surface area contributed by atoms with Gasteiger partial charge in [0.1, 0.15) is 0 Å². The SMILES string of the molecule is C=CCc1cc(CNCc2ccc(OC)c(F)c2)cc(OC)c1OC. The number of methoxy groups -OCH3 is 3. The highest BCUT2D eigenvalue weighted by atomic mass is 19.1. The van der Waals surface area contributed by atoms with E-state index in [0.717, 1.165) is 22.4 Å². The molecule has 0 unspecified atom stereocenters. The van der Waals surface area contributed by atoms with E-state index in [-0.39, 0.29) is 11.6 Å². The van der Waals surface area contributed by atoms with Crippen LogP contribution in [-0.2, 0) is 19.5 Å². The third kappa shape index (κ3) is 4.73. The summed E-state index contributed by atoms with van der Waals surface area (Å²) in [6.45, 7) is 4.95. The van der Waals surface area contributed by atoms with Gasteiger partial charge in [-0.2, -0.15) is 0 Å². The maximum absolute atomic E-state index is 13.7. The molecule has 0 aromatic heterocycles. The summed E-state index contributed by atoms with van der Waals surface area (Å²) in [6.07, 6.45) is 2.52. The fourth-order valence-corrected chi connectivity index (χ4v) is 2.69. The molecular formula is C20H24FNO3. The van der Waals surface area contributed by atoms with Crippen LogP contribution in [0.2, 0.25) is 0 Å². The van der Waals surface area contributed by atoms with Crippen LogP contribution in [0.1, 0.15) is 16.7 Å². The largest absolute Gasteiger partial charge is 0.494 e. The number of hydrogen-bond donors (Lipinski definition) is 1. The van der Waals surface area contributed by atoms with Crippen LogP contribution in [0.25, 0.3) is 0 Å². The quantitative estimate of drug-likeness (QED) is 0.701. The van der Waals surface area contributed by atoms with E-state index < -0.39 is 0 Å². The minimum Gasteiger partial charge on any atom is -0.494 e. The first-order valence-electron chi connectivity index (χ1n) is 8.00. The van der Waals surface area contributed by atoms with E-state index in [0.29, 0.717) is 25.3 Å². The summed E-state index contributed by atoms with van der Waals surface area (Å²) >= 11 is 0. The number of hydrogen-bond acceptors (Lipinski definition) is 4. The van der Waals surface area contributed by atoms with Crippen molar-refractivity contribution in [2.45, 2.75) is 19.5 Å². The summed E-state index contributed by atoms with van der Waals surface area (Å²) in [5.41, 5.74) is 2.93. The lowest BCUT2D eigenvalue weighted by atomic mass is 10.1. The van der Waals surface area contributed by atoms with Crippen LogP contribution in [0.4, 0.5) is 4.39 Å². The third-order valence-electron chi connectivity index (χ3n) is 3.85. The molecule has 0 fully saturated rings. The summed E-state index contributed by atoms with van der Waals surface area (Å²) < 4.78 is 29.5. The second-order valence-electron chi connectivity index (χ2n) is 5.56. The van der Waals surface area contributed by atoms with Gasteiger partial charge >= 0.3 is 0 Å². The second kappa shape index (κ2) is 9.08. The first kappa shape index (κ1) is 18.8. The van der Waals surface area contributed by atoms with Gasteiger partial charge in [-0.1, -0.05) is 18.2 Å². The molecule has 0 aliphatic carbocycles. The van der Waals surface area contributed by atoms with Crippen molar-refractivity contribution in [2.75, 3.05) is 21.3 Å². The summed E-state index contributed by atoms with van der Waals surface area (Å²) in [5.74, 6) is 1.30. The molecule has 0 spiro atoms. The average Bonchev–Trinajstić information content (AvgIpc) is 2.61. The lowest BCUT2D eigenvalue weighted by Gasteiger charge is -2.15. The van der Waals surface area contributed by atoms with E-state index in [1.807, 2.05) is 18.2 Å². The Hall–Kier alpha value is -2.53. The first-order valence-corrected chi connectivity index (χ1v) is 8.00. The highest BCUT2D eigenvalue weighted by molar-refractivity contribution is 5.50. The van der Waals surface area contributed by atoms with Crippen LogP contribution in [-0.4, -0.2) is 21.3 Å². The summed E-state index contributed by atoms with van der Waals surface area (Å²) in [6, 6.07) is 8.94. The molecule has 5 heteroatoms. The van der Waals surface area contributed by atoms with Crippen molar-refractivity contribution >= 4 is 0 Å². The van der Waals surface area contributed by atoms with Gasteiger partial charge < -0.3 is 19.5 Å². The molecule has 0 aliphatic rings. The van der Waals surface area contributed by atoms with E-state index in [2.05, 4.69) is 18.0 Å². The Labute approximate surface area is 148 Å². The zero-order chi connectivity index (χ0) is 18.2. The van der Waals surface area contributed by atoms with E-state index in [1.165, 1.54) is 13.2 Å². The molecule has 134 valence electrons. The Balaban J connectivity index is 2.08. The fourth-order valence-electron chi connectivity index (χ4n) is 2.69. The fraction of sp³-hybridized carbons (Fsp3) is 0.300. The van der Waals surface area contributed by atoms with E-state index in [4.69, 9.17) is 14.2 Å². The number of nitrogens with one attached hydrogen (secondary N) is 1. The molecular weight excluding hydrogens is 321 g/mol. The molecule has 0 saturated carbocycles. The monoisotopic (exact) mass is 345 g/mol. The van der Waals surface area contributed by atoms with Gasteiger partial charge in [0, 0.05) is 18.7 Å². The van der Waals surface area contributed by atoms with Crippen LogP contribution >= 0.6 is 0 Å². The first-order chi connectivity index (χ1) is 12.1. The molecule has 0 heterocycles. The van der Waals surface area contributed by atoms with Crippen LogP contribution in [0.3, 0.4) is 0 Å². The van der Waals surface area contributed by atoms with Gasteiger partial charge in [-0.3, -0.25) is 0 Å². The van der Waals surface area contributed by atoms with Crippen LogP contribution in [0.5, 0.6) is 17.2 Å². The third-order valence-corrected chi connectivity index (χ3v) is 3.85. The topological polar surface area (TPSA) is 39.7 Å². The molecule has 4 nitrogen and oxygen atoms in total. The van der Waals surface area contributed by atoms with Gasteiger partial charge in [-0.05, 0) is 35.7 Å². The number of ether oxygens (including phenoxy) is 3. The Morgan fingerprint density at radius 1 is 0.960 bits per heavy atom. The van der Waals surface area contributed by atoms with Gasteiger partial charge in [0.25, 0.3) is 0 Å². The lowest BCUT2D eigenvalue weighted by Crippen LogP contribution is -2.13. The van der Waals surface area contributed by atoms with Crippen molar-refractivity contribution in [2.24, 2.45) is 0 Å². The molecule has 0 aliphatic heterocycles. The zero-order valence-corrected chi connectivity index (χ0v) is 14.9. The molecule has 0 saturated heterocycles. The minimum absolute atomic E-state index is 0.248. The summed E-state index contributed by atoms with van der Waals surface area (Å²) in [7, 11) is 4.70. The van der Waals surface area contributed by atoms with Crippen LogP contribution in [0, 0.1) is 5.82 Å². The normalized spacial score (nSPS) is 10.4. The van der Waals surface area contributed by atoms with Gasteiger partial charge in [-0.15, -0.1) is 6.58 Å². The van der Waals surface area contributed by atoms with Gasteiger partial charge in [0.05, 0.1) is 21.3 Å². The van der Waals surface area contributed by atoms with E-state index in [1.54, 1.807) is 20.3 Å². The number of rotatable bonds is 9. The number of allylic oxidation sites excluding steroid dienone is 1. The molecule has 2 aromatic carbocycles. The maximum Gasteiger partial charge on any atom is 0.165 e. The van der Waals surface area contributed by atoms with Crippen LogP contribution in [0.15, 0.2) is 43.0 Å². The molecule has 0 atom stereocenters.